The van der Waals surface area contributed by atoms with Gasteiger partial charge in [0.1, 0.15) is 18.4 Å². The first kappa shape index (κ1) is 31.7. The zero-order valence-electron chi connectivity index (χ0n) is 20.1. The van der Waals surface area contributed by atoms with Crippen molar-refractivity contribution in [3.63, 3.8) is 0 Å². The van der Waals surface area contributed by atoms with E-state index in [-0.39, 0.29) is 5.92 Å². The number of carbonyl (C=O) groups excluding carboxylic acids is 3. The van der Waals surface area contributed by atoms with E-state index < -0.39 is 0 Å². The molecular weight excluding hydrogens is 362 g/mol. The van der Waals surface area contributed by atoms with E-state index in [1.54, 1.807) is 12.1 Å². The third kappa shape index (κ3) is 14.7. The number of aldehydes is 2. The Bertz CT molecular complexity index is 541. The molecule has 0 heterocycles. The van der Waals surface area contributed by atoms with Gasteiger partial charge in [-0.25, -0.2) is 0 Å². The maximum absolute atomic E-state index is 11.3. The highest BCUT2D eigenvalue weighted by atomic mass is 16.1. The van der Waals surface area contributed by atoms with Gasteiger partial charge in [0, 0.05) is 30.0 Å². The minimum absolute atomic E-state index is 0.0702. The van der Waals surface area contributed by atoms with Gasteiger partial charge in [-0.3, -0.25) is 9.59 Å². The first-order valence-corrected chi connectivity index (χ1v) is 11.2. The summed E-state index contributed by atoms with van der Waals surface area (Å²) in [7, 11) is 0. The quantitative estimate of drug-likeness (QED) is 0.346. The summed E-state index contributed by atoms with van der Waals surface area (Å²) in [5.74, 6) is 0.769. The summed E-state index contributed by atoms with van der Waals surface area (Å²) in [6.07, 6.45) is 6.54. The Kier molecular flexibility index (Phi) is 24.4. The van der Waals surface area contributed by atoms with Gasteiger partial charge in [-0.05, 0) is 36.8 Å². The molecule has 0 aliphatic heterocycles. The fourth-order valence-corrected chi connectivity index (χ4v) is 2.66. The smallest absolute Gasteiger partial charge is 0.150 e. The molecule has 0 aliphatic rings. The van der Waals surface area contributed by atoms with Crippen LogP contribution in [0.25, 0.3) is 0 Å². The fraction of sp³-hybridized carbons (Fsp3) is 0.640. The Labute approximate surface area is 179 Å². The second-order valence-electron chi connectivity index (χ2n) is 6.40. The van der Waals surface area contributed by atoms with E-state index >= 15 is 0 Å². The van der Waals surface area contributed by atoms with Crippen LogP contribution in [0.15, 0.2) is 18.2 Å². The number of anilines is 1. The first-order valence-electron chi connectivity index (χ1n) is 11.2. The molecule has 2 N–H and O–H groups in total. The number of hydrogen-bond donors (Lipinski definition) is 1. The standard InChI is InChI=1S/C12H22O2.C9H11NO.2C2H6/c1-4-6-12(14)8-7-11(9-13)10(3)5-2;1-2-8-7(6-11)4-3-5-9(8)10;2*1-2/h9-11H,4-8H2,1-3H3;3-6H,2,10H2,1H3;2*1-2H3. The van der Waals surface area contributed by atoms with Crippen LogP contribution in [0.3, 0.4) is 0 Å². The van der Waals surface area contributed by atoms with Crippen molar-refractivity contribution in [1.29, 1.82) is 0 Å². The summed E-state index contributed by atoms with van der Waals surface area (Å²) >= 11 is 0. The third-order valence-corrected chi connectivity index (χ3v) is 4.56. The number of benzene rings is 1. The van der Waals surface area contributed by atoms with E-state index in [1.165, 1.54) is 0 Å². The molecule has 29 heavy (non-hydrogen) atoms. The zero-order valence-corrected chi connectivity index (χ0v) is 20.1. The van der Waals surface area contributed by atoms with E-state index in [4.69, 9.17) is 5.73 Å². The second kappa shape index (κ2) is 22.3. The number of nitrogen functional groups attached to an aromatic ring is 1. The lowest BCUT2D eigenvalue weighted by atomic mass is 9.88. The van der Waals surface area contributed by atoms with Crippen LogP contribution in [0.1, 0.15) is 103 Å². The maximum Gasteiger partial charge on any atom is 0.150 e. The van der Waals surface area contributed by atoms with Gasteiger partial charge >= 0.3 is 0 Å². The van der Waals surface area contributed by atoms with Crippen LogP contribution in [0.4, 0.5) is 5.69 Å². The van der Waals surface area contributed by atoms with Crippen molar-refractivity contribution in [2.45, 2.75) is 93.9 Å². The van der Waals surface area contributed by atoms with Crippen molar-refractivity contribution >= 4 is 24.0 Å². The largest absolute Gasteiger partial charge is 0.398 e. The van der Waals surface area contributed by atoms with Crippen LogP contribution in [-0.2, 0) is 16.0 Å². The van der Waals surface area contributed by atoms with Crippen LogP contribution in [0.5, 0.6) is 0 Å². The molecule has 0 radical (unpaired) electrons. The molecule has 1 aromatic rings. The van der Waals surface area contributed by atoms with Gasteiger partial charge in [0.05, 0.1) is 0 Å². The maximum atomic E-state index is 11.3. The van der Waals surface area contributed by atoms with Gasteiger partial charge in [-0.1, -0.05) is 73.9 Å². The fourth-order valence-electron chi connectivity index (χ4n) is 2.66. The molecule has 0 fully saturated rings. The van der Waals surface area contributed by atoms with E-state index in [9.17, 15) is 14.4 Å². The van der Waals surface area contributed by atoms with Gasteiger partial charge in [0.25, 0.3) is 0 Å². The highest BCUT2D eigenvalue weighted by molar-refractivity contribution is 5.80. The highest BCUT2D eigenvalue weighted by Crippen LogP contribution is 2.19. The monoisotopic (exact) mass is 407 g/mol. The molecule has 4 nitrogen and oxygen atoms in total. The van der Waals surface area contributed by atoms with E-state index in [1.807, 2.05) is 47.6 Å². The molecule has 2 unspecified atom stereocenters. The van der Waals surface area contributed by atoms with Crippen molar-refractivity contribution in [1.82, 2.24) is 0 Å². The van der Waals surface area contributed by atoms with Crippen molar-refractivity contribution in [2.24, 2.45) is 11.8 Å². The predicted octanol–water partition coefficient (Wildman–Crippen LogP) is 6.69. The molecule has 2 atom stereocenters. The van der Waals surface area contributed by atoms with Crippen molar-refractivity contribution in [3.8, 4) is 0 Å². The highest BCUT2D eigenvalue weighted by Gasteiger charge is 2.15. The molecule has 1 rings (SSSR count). The SMILES string of the molecule is CC.CC.CCCC(=O)CCC(C=O)C(C)CC.CCc1c(N)cccc1C=O. The van der Waals surface area contributed by atoms with Gasteiger partial charge in [0.15, 0.2) is 0 Å². The first-order chi connectivity index (χ1) is 13.9. The summed E-state index contributed by atoms with van der Waals surface area (Å²) in [5.41, 5.74) is 8.00. The van der Waals surface area contributed by atoms with E-state index in [0.717, 1.165) is 43.8 Å². The molecule has 0 amide bonds. The molecule has 0 bridgehead atoms. The summed E-state index contributed by atoms with van der Waals surface area (Å²) in [6, 6.07) is 5.38. The second-order valence-corrected chi connectivity index (χ2v) is 6.40. The normalized spacial score (nSPS) is 11.2. The third-order valence-electron chi connectivity index (χ3n) is 4.56. The molecule has 4 heteroatoms. The molecular formula is C25H45NO3. The van der Waals surface area contributed by atoms with Crippen LogP contribution in [-0.4, -0.2) is 18.4 Å². The summed E-state index contributed by atoms with van der Waals surface area (Å²) in [4.78, 5) is 32.5. The number of carbonyl (C=O) groups is 3. The van der Waals surface area contributed by atoms with Gasteiger partial charge in [-0.2, -0.15) is 0 Å². The van der Waals surface area contributed by atoms with Gasteiger partial charge in [0.2, 0.25) is 0 Å². The summed E-state index contributed by atoms with van der Waals surface area (Å²) in [5, 5.41) is 0. The van der Waals surface area contributed by atoms with Crippen LogP contribution < -0.4 is 5.73 Å². The average molecular weight is 408 g/mol. The number of nitrogens with two attached hydrogens (primary N) is 1. The predicted molar refractivity (Wildman–Crippen MR) is 126 cm³/mol. The van der Waals surface area contributed by atoms with E-state index in [2.05, 4.69) is 13.8 Å². The van der Waals surface area contributed by atoms with Crippen molar-refractivity contribution in [2.75, 3.05) is 5.73 Å². The Morgan fingerprint density at radius 3 is 2.00 bits per heavy atom. The lowest BCUT2D eigenvalue weighted by Crippen LogP contribution is -2.14. The molecule has 0 saturated heterocycles. The lowest BCUT2D eigenvalue weighted by molar-refractivity contribution is -0.119. The van der Waals surface area contributed by atoms with Crippen LogP contribution >= 0.6 is 0 Å². The topological polar surface area (TPSA) is 77.2 Å². The van der Waals surface area contributed by atoms with E-state index in [0.29, 0.717) is 35.8 Å². The minimum Gasteiger partial charge on any atom is -0.398 e. The number of hydrogen-bond acceptors (Lipinski definition) is 4. The average Bonchev–Trinajstić information content (AvgIpc) is 2.77. The van der Waals surface area contributed by atoms with Gasteiger partial charge < -0.3 is 10.5 Å². The Hall–Kier alpha value is -1.97. The molecule has 0 saturated carbocycles. The number of rotatable bonds is 10. The molecule has 168 valence electrons. The Morgan fingerprint density at radius 1 is 1.03 bits per heavy atom. The minimum atomic E-state index is 0.0702. The Morgan fingerprint density at radius 2 is 1.62 bits per heavy atom. The lowest BCUT2D eigenvalue weighted by Gasteiger charge is -2.15. The summed E-state index contributed by atoms with van der Waals surface area (Å²) < 4.78 is 0. The molecule has 0 aliphatic carbocycles. The van der Waals surface area contributed by atoms with Crippen LogP contribution in [0.2, 0.25) is 0 Å². The van der Waals surface area contributed by atoms with Gasteiger partial charge in [-0.15, -0.1) is 0 Å². The molecule has 1 aromatic carbocycles. The summed E-state index contributed by atoms with van der Waals surface area (Å²) in [6.45, 7) is 16.1. The molecule has 0 spiro atoms. The van der Waals surface area contributed by atoms with Crippen molar-refractivity contribution in [3.05, 3.63) is 29.3 Å². The van der Waals surface area contributed by atoms with Crippen LogP contribution in [0, 0.1) is 11.8 Å². The zero-order chi connectivity index (χ0) is 23.2. The number of Topliss-reactive ketones (excluding diaryl/α,β-unsaturated/α-hetero) is 1. The molecule has 0 aromatic heterocycles. The van der Waals surface area contributed by atoms with Crippen molar-refractivity contribution < 1.29 is 14.4 Å². The number of ketones is 1. The Balaban J connectivity index is -0.000000403.